The van der Waals surface area contributed by atoms with Crippen LogP contribution in [-0.4, -0.2) is 36.6 Å². The van der Waals surface area contributed by atoms with Crippen LogP contribution in [0.3, 0.4) is 0 Å². The van der Waals surface area contributed by atoms with E-state index < -0.39 is 0 Å². The van der Waals surface area contributed by atoms with Gasteiger partial charge >= 0.3 is 0 Å². The van der Waals surface area contributed by atoms with Gasteiger partial charge in [-0.15, -0.1) is 0 Å². The molecule has 0 amide bonds. The zero-order chi connectivity index (χ0) is 13.2. The second kappa shape index (κ2) is 8.69. The highest BCUT2D eigenvalue weighted by molar-refractivity contribution is 5.46. The molecule has 0 radical (unpaired) electrons. The van der Waals surface area contributed by atoms with Crippen molar-refractivity contribution < 1.29 is 0 Å². The predicted molar refractivity (Wildman–Crippen MR) is 77.0 cm³/mol. The summed E-state index contributed by atoms with van der Waals surface area (Å²) in [5, 5.41) is 9.72. The molecule has 5 heteroatoms. The third-order valence-corrected chi connectivity index (χ3v) is 2.60. The van der Waals surface area contributed by atoms with E-state index in [0.29, 0.717) is 5.92 Å². The summed E-state index contributed by atoms with van der Waals surface area (Å²) in [6.45, 7) is 7.32. The molecule has 102 valence electrons. The summed E-state index contributed by atoms with van der Waals surface area (Å²) in [5.74, 6) is 2.48. The molecule has 0 saturated heterocycles. The molecule has 0 atom stereocenters. The molecule has 0 aliphatic carbocycles. The Morgan fingerprint density at radius 1 is 1.06 bits per heavy atom. The van der Waals surface area contributed by atoms with Crippen molar-refractivity contribution in [3.05, 3.63) is 12.4 Å². The minimum Gasteiger partial charge on any atom is -0.370 e. The van der Waals surface area contributed by atoms with Crippen molar-refractivity contribution in [2.24, 2.45) is 5.92 Å². The lowest BCUT2D eigenvalue weighted by molar-refractivity contribution is 0.606. The minimum absolute atomic E-state index is 0.707. The van der Waals surface area contributed by atoms with Crippen molar-refractivity contribution in [1.82, 2.24) is 15.3 Å². The maximum absolute atomic E-state index is 4.21. The minimum atomic E-state index is 0.707. The first-order valence-electron chi connectivity index (χ1n) is 6.66. The lowest BCUT2D eigenvalue weighted by Gasteiger charge is -2.09. The number of rotatable bonds is 9. The summed E-state index contributed by atoms with van der Waals surface area (Å²) < 4.78 is 0. The summed E-state index contributed by atoms with van der Waals surface area (Å²) in [4.78, 5) is 8.40. The van der Waals surface area contributed by atoms with Gasteiger partial charge in [0.1, 0.15) is 18.0 Å². The third kappa shape index (κ3) is 6.39. The van der Waals surface area contributed by atoms with Gasteiger partial charge in [-0.2, -0.15) is 0 Å². The van der Waals surface area contributed by atoms with Crippen LogP contribution in [0.1, 0.15) is 26.7 Å². The molecule has 0 spiro atoms. The SMILES string of the molecule is CNCCCNc1cc(NCCC(C)C)ncn1. The van der Waals surface area contributed by atoms with Crippen LogP contribution in [0.5, 0.6) is 0 Å². The smallest absolute Gasteiger partial charge is 0.131 e. The van der Waals surface area contributed by atoms with Gasteiger partial charge in [-0.05, 0) is 32.4 Å². The van der Waals surface area contributed by atoms with E-state index in [1.807, 2.05) is 13.1 Å². The van der Waals surface area contributed by atoms with Gasteiger partial charge in [-0.1, -0.05) is 13.8 Å². The zero-order valence-corrected chi connectivity index (χ0v) is 11.7. The van der Waals surface area contributed by atoms with Crippen LogP contribution < -0.4 is 16.0 Å². The maximum atomic E-state index is 4.21. The Hall–Kier alpha value is -1.36. The van der Waals surface area contributed by atoms with Crippen molar-refractivity contribution in [3.63, 3.8) is 0 Å². The van der Waals surface area contributed by atoms with Crippen molar-refractivity contribution in [1.29, 1.82) is 0 Å². The van der Waals surface area contributed by atoms with Crippen molar-refractivity contribution >= 4 is 11.6 Å². The van der Waals surface area contributed by atoms with Gasteiger partial charge in [0.25, 0.3) is 0 Å². The molecule has 0 unspecified atom stereocenters. The summed E-state index contributed by atoms with van der Waals surface area (Å²) >= 11 is 0. The normalized spacial score (nSPS) is 10.7. The van der Waals surface area contributed by atoms with Crippen LogP contribution in [0, 0.1) is 5.92 Å². The van der Waals surface area contributed by atoms with Gasteiger partial charge in [0.2, 0.25) is 0 Å². The molecule has 1 aromatic rings. The Morgan fingerprint density at radius 3 is 2.33 bits per heavy atom. The fourth-order valence-corrected chi connectivity index (χ4v) is 1.52. The van der Waals surface area contributed by atoms with E-state index >= 15 is 0 Å². The van der Waals surface area contributed by atoms with Crippen LogP contribution >= 0.6 is 0 Å². The molecule has 0 fully saturated rings. The fraction of sp³-hybridized carbons (Fsp3) is 0.692. The molecule has 0 aromatic carbocycles. The second-order valence-electron chi connectivity index (χ2n) is 4.78. The molecule has 1 heterocycles. The van der Waals surface area contributed by atoms with Crippen molar-refractivity contribution in [2.45, 2.75) is 26.7 Å². The first-order chi connectivity index (χ1) is 8.72. The van der Waals surface area contributed by atoms with Gasteiger partial charge in [0, 0.05) is 19.2 Å². The van der Waals surface area contributed by atoms with E-state index in [4.69, 9.17) is 0 Å². The first-order valence-corrected chi connectivity index (χ1v) is 6.66. The zero-order valence-electron chi connectivity index (χ0n) is 11.7. The first kappa shape index (κ1) is 14.7. The quantitative estimate of drug-likeness (QED) is 0.586. The van der Waals surface area contributed by atoms with Crippen LogP contribution in [-0.2, 0) is 0 Å². The summed E-state index contributed by atoms with van der Waals surface area (Å²) in [6.07, 6.45) is 3.82. The number of hydrogen-bond acceptors (Lipinski definition) is 5. The molecule has 0 aliphatic rings. The average Bonchev–Trinajstić information content (AvgIpc) is 2.35. The largest absolute Gasteiger partial charge is 0.370 e. The highest BCUT2D eigenvalue weighted by atomic mass is 15.1. The average molecular weight is 251 g/mol. The number of aromatic nitrogens is 2. The van der Waals surface area contributed by atoms with Gasteiger partial charge in [-0.25, -0.2) is 9.97 Å². The Labute approximate surface area is 110 Å². The summed E-state index contributed by atoms with van der Waals surface area (Å²) in [6, 6.07) is 1.96. The predicted octanol–water partition coefficient (Wildman–Crippen LogP) is 1.96. The molecule has 1 rings (SSSR count). The molecular formula is C13H25N5. The Bertz CT molecular complexity index is 327. The summed E-state index contributed by atoms with van der Waals surface area (Å²) in [7, 11) is 1.96. The van der Waals surface area contributed by atoms with Crippen LogP contribution in [0.4, 0.5) is 11.6 Å². The standard InChI is InChI=1S/C13H25N5/c1-11(2)5-8-16-13-9-12(17-10-18-13)15-7-4-6-14-3/h9-11,14H,4-8H2,1-3H3,(H2,15,16,17,18). The number of nitrogens with zero attached hydrogens (tertiary/aromatic N) is 2. The van der Waals surface area contributed by atoms with Crippen LogP contribution in [0.15, 0.2) is 12.4 Å². The van der Waals surface area contributed by atoms with E-state index in [-0.39, 0.29) is 0 Å². The van der Waals surface area contributed by atoms with Gasteiger partial charge in [-0.3, -0.25) is 0 Å². The van der Waals surface area contributed by atoms with Gasteiger partial charge in [0.15, 0.2) is 0 Å². The number of anilines is 2. The number of nitrogens with one attached hydrogen (secondary N) is 3. The molecule has 1 aromatic heterocycles. The molecular weight excluding hydrogens is 226 g/mol. The van der Waals surface area contributed by atoms with Crippen LogP contribution in [0.2, 0.25) is 0 Å². The maximum Gasteiger partial charge on any atom is 0.131 e. The molecule has 0 bridgehead atoms. The number of hydrogen-bond donors (Lipinski definition) is 3. The lowest BCUT2D eigenvalue weighted by Crippen LogP contribution is -2.13. The molecule has 0 saturated carbocycles. The summed E-state index contributed by atoms with van der Waals surface area (Å²) in [5.41, 5.74) is 0. The highest BCUT2D eigenvalue weighted by Gasteiger charge is 1.99. The molecule has 3 N–H and O–H groups in total. The van der Waals surface area contributed by atoms with Crippen molar-refractivity contribution in [3.8, 4) is 0 Å². The third-order valence-electron chi connectivity index (χ3n) is 2.60. The Balaban J connectivity index is 2.32. The Kier molecular flexibility index (Phi) is 7.10. The van der Waals surface area contributed by atoms with E-state index in [2.05, 4.69) is 39.8 Å². The van der Waals surface area contributed by atoms with E-state index in [1.165, 1.54) is 0 Å². The fourth-order valence-electron chi connectivity index (χ4n) is 1.52. The monoisotopic (exact) mass is 251 g/mol. The molecule has 18 heavy (non-hydrogen) atoms. The molecule has 5 nitrogen and oxygen atoms in total. The van der Waals surface area contributed by atoms with Gasteiger partial charge in [0.05, 0.1) is 0 Å². The molecule has 0 aliphatic heterocycles. The van der Waals surface area contributed by atoms with E-state index in [1.54, 1.807) is 6.33 Å². The van der Waals surface area contributed by atoms with E-state index in [0.717, 1.165) is 44.1 Å². The lowest BCUT2D eigenvalue weighted by atomic mass is 10.1. The Morgan fingerprint density at radius 2 is 1.72 bits per heavy atom. The topological polar surface area (TPSA) is 61.9 Å². The van der Waals surface area contributed by atoms with Crippen molar-refractivity contribution in [2.75, 3.05) is 37.3 Å². The van der Waals surface area contributed by atoms with Crippen LogP contribution in [0.25, 0.3) is 0 Å². The second-order valence-corrected chi connectivity index (χ2v) is 4.78. The van der Waals surface area contributed by atoms with E-state index in [9.17, 15) is 0 Å². The highest BCUT2D eigenvalue weighted by Crippen LogP contribution is 2.09. The van der Waals surface area contributed by atoms with Gasteiger partial charge < -0.3 is 16.0 Å².